The number of rotatable bonds is 4. The van der Waals surface area contributed by atoms with E-state index in [4.69, 9.17) is 4.74 Å². The van der Waals surface area contributed by atoms with Crippen molar-refractivity contribution in [3.63, 3.8) is 0 Å². The van der Waals surface area contributed by atoms with E-state index in [1.807, 2.05) is 0 Å². The Kier molecular flexibility index (Phi) is 3.43. The number of fused-ring (bicyclic) bond motifs is 1. The zero-order valence-corrected chi connectivity index (χ0v) is 11.5. The van der Waals surface area contributed by atoms with Gasteiger partial charge in [0.15, 0.2) is 5.65 Å². The maximum Gasteiger partial charge on any atom is 0.343 e. The minimum atomic E-state index is -0.430. The molecule has 0 amide bonds. The van der Waals surface area contributed by atoms with Gasteiger partial charge in [0.2, 0.25) is 0 Å². The lowest BCUT2D eigenvalue weighted by molar-refractivity contribution is 0.0528. The van der Waals surface area contributed by atoms with E-state index in [0.717, 1.165) is 0 Å². The highest BCUT2D eigenvalue weighted by Crippen LogP contribution is 2.16. The number of halogens is 1. The molecule has 0 saturated carbocycles. The number of hydrogen-bond acceptors (Lipinski definition) is 3. The number of imidazole rings is 1. The molecule has 0 fully saturated rings. The van der Waals surface area contributed by atoms with Crippen molar-refractivity contribution >= 4 is 11.6 Å². The Balaban J connectivity index is 2.01. The fourth-order valence-electron chi connectivity index (χ4n) is 2.26. The average Bonchev–Trinajstić information content (AvgIpc) is 3.04. The Hall–Kier alpha value is -2.63. The van der Waals surface area contributed by atoms with Crippen molar-refractivity contribution in [2.24, 2.45) is 0 Å². The van der Waals surface area contributed by atoms with E-state index in [1.165, 1.54) is 12.3 Å². The van der Waals surface area contributed by atoms with E-state index < -0.39 is 5.97 Å². The summed E-state index contributed by atoms with van der Waals surface area (Å²) in [7, 11) is 0. The summed E-state index contributed by atoms with van der Waals surface area (Å²) in [5.41, 5.74) is 1.52. The third kappa shape index (κ3) is 2.40. The lowest BCUT2D eigenvalue weighted by Gasteiger charge is -2.06. The van der Waals surface area contributed by atoms with Crippen LogP contribution in [0.1, 0.15) is 22.8 Å². The monoisotopic (exact) mass is 287 g/mol. The summed E-state index contributed by atoms with van der Waals surface area (Å²) >= 11 is 0. The first kappa shape index (κ1) is 13.4. The van der Waals surface area contributed by atoms with E-state index in [9.17, 15) is 9.18 Å². The molecule has 3 rings (SSSR count). The molecule has 0 N–H and O–H groups in total. The first-order valence-electron chi connectivity index (χ1n) is 6.63. The molecule has 2 heterocycles. The van der Waals surface area contributed by atoms with Gasteiger partial charge in [0.25, 0.3) is 0 Å². The molecule has 6 heteroatoms. The van der Waals surface area contributed by atoms with Crippen molar-refractivity contribution in [2.75, 3.05) is 6.61 Å². The van der Waals surface area contributed by atoms with Gasteiger partial charge >= 0.3 is 5.97 Å². The lowest BCUT2D eigenvalue weighted by atomic mass is 10.2. The maximum absolute atomic E-state index is 13.8. The number of nitrogens with zero attached hydrogens (tertiary/aromatic N) is 3. The highest BCUT2D eigenvalue weighted by atomic mass is 19.1. The van der Waals surface area contributed by atoms with Gasteiger partial charge in [0.05, 0.1) is 19.3 Å². The van der Waals surface area contributed by atoms with Crippen LogP contribution in [0.3, 0.4) is 0 Å². The first-order chi connectivity index (χ1) is 10.2. The number of hydrogen-bond donors (Lipinski definition) is 0. The van der Waals surface area contributed by atoms with Crippen LogP contribution in [0.5, 0.6) is 0 Å². The summed E-state index contributed by atoms with van der Waals surface area (Å²) < 4.78 is 22.1. The van der Waals surface area contributed by atoms with Crippen LogP contribution in [-0.2, 0) is 11.3 Å². The third-order valence-electron chi connectivity index (χ3n) is 3.22. The first-order valence-corrected chi connectivity index (χ1v) is 6.63. The molecule has 5 nitrogen and oxygen atoms in total. The topological polar surface area (TPSA) is 48.5 Å². The van der Waals surface area contributed by atoms with Crippen LogP contribution >= 0.6 is 0 Å². The van der Waals surface area contributed by atoms with Crippen LogP contribution in [0, 0.1) is 5.82 Å². The summed E-state index contributed by atoms with van der Waals surface area (Å²) in [6.07, 6.45) is 4.95. The van der Waals surface area contributed by atoms with Crippen LogP contribution in [-0.4, -0.2) is 26.8 Å². The number of ether oxygens (including phenoxy) is 1. The van der Waals surface area contributed by atoms with Crippen molar-refractivity contribution in [3.05, 3.63) is 59.8 Å². The molecule has 0 atom stereocenters. The molecule has 1 aromatic carbocycles. The summed E-state index contributed by atoms with van der Waals surface area (Å²) in [6, 6.07) is 6.56. The Morgan fingerprint density at radius 2 is 2.14 bits per heavy atom. The van der Waals surface area contributed by atoms with Crippen LogP contribution in [0.2, 0.25) is 0 Å². The predicted molar refractivity (Wildman–Crippen MR) is 74.6 cm³/mol. The summed E-state index contributed by atoms with van der Waals surface area (Å²) in [5.74, 6) is -0.706. The molecule has 0 unspecified atom stereocenters. The molecular weight excluding hydrogens is 273 g/mol. The number of carbonyl (C=O) groups is 1. The molecule has 0 spiro atoms. The predicted octanol–water partition coefficient (Wildman–Crippen LogP) is 2.50. The molecule has 0 bridgehead atoms. The highest BCUT2D eigenvalue weighted by Gasteiger charge is 2.17. The van der Waals surface area contributed by atoms with Gasteiger partial charge in [0.1, 0.15) is 11.4 Å². The molecular formula is C15H14FN3O2. The van der Waals surface area contributed by atoms with E-state index in [2.05, 4.69) is 5.10 Å². The van der Waals surface area contributed by atoms with Gasteiger partial charge < -0.3 is 9.30 Å². The molecule has 3 aromatic rings. The molecule has 2 aromatic heterocycles. The van der Waals surface area contributed by atoms with E-state index in [1.54, 1.807) is 46.6 Å². The molecule has 0 aliphatic carbocycles. The highest BCUT2D eigenvalue weighted by molar-refractivity contribution is 5.95. The second-order valence-electron chi connectivity index (χ2n) is 4.56. The van der Waals surface area contributed by atoms with Gasteiger partial charge in [-0.15, -0.1) is 0 Å². The molecule has 21 heavy (non-hydrogen) atoms. The zero-order valence-electron chi connectivity index (χ0n) is 11.5. The maximum atomic E-state index is 13.8. The third-order valence-corrected chi connectivity index (χ3v) is 3.22. The van der Waals surface area contributed by atoms with Gasteiger partial charge in [-0.1, -0.05) is 18.2 Å². The fraction of sp³-hybridized carbons (Fsp3) is 0.200. The Labute approximate surface area is 120 Å². The summed E-state index contributed by atoms with van der Waals surface area (Å²) in [6.45, 7) is 2.36. The van der Waals surface area contributed by atoms with Crippen molar-refractivity contribution in [3.8, 4) is 0 Å². The van der Waals surface area contributed by atoms with Crippen LogP contribution < -0.4 is 0 Å². The van der Waals surface area contributed by atoms with E-state index in [0.29, 0.717) is 29.9 Å². The van der Waals surface area contributed by atoms with E-state index >= 15 is 0 Å². The fourth-order valence-corrected chi connectivity index (χ4v) is 2.26. The SMILES string of the molecule is CCOC(=O)c1cnn2ccn(Cc3ccccc3F)c12. The van der Waals surface area contributed by atoms with Crippen molar-refractivity contribution < 1.29 is 13.9 Å². The van der Waals surface area contributed by atoms with Crippen LogP contribution in [0.15, 0.2) is 42.9 Å². The normalized spacial score (nSPS) is 11.0. The molecule has 108 valence electrons. The minimum Gasteiger partial charge on any atom is -0.462 e. The van der Waals surface area contributed by atoms with Crippen molar-refractivity contribution in [1.29, 1.82) is 0 Å². The number of benzene rings is 1. The van der Waals surface area contributed by atoms with Gasteiger partial charge in [-0.25, -0.2) is 13.7 Å². The minimum absolute atomic E-state index is 0.276. The quantitative estimate of drug-likeness (QED) is 0.693. The van der Waals surface area contributed by atoms with Crippen molar-refractivity contribution in [1.82, 2.24) is 14.2 Å². The number of carbonyl (C=O) groups excluding carboxylic acids is 1. The van der Waals surface area contributed by atoms with Gasteiger partial charge in [-0.3, -0.25) is 0 Å². The number of esters is 1. The standard InChI is InChI=1S/C15H14FN3O2/c1-2-21-15(20)12-9-17-19-8-7-18(14(12)19)10-11-5-3-4-6-13(11)16/h3-9H,2,10H2,1H3. The molecule has 0 radical (unpaired) electrons. The zero-order chi connectivity index (χ0) is 14.8. The van der Waals surface area contributed by atoms with Crippen LogP contribution in [0.4, 0.5) is 4.39 Å². The van der Waals surface area contributed by atoms with Crippen molar-refractivity contribution in [2.45, 2.75) is 13.5 Å². The second kappa shape index (κ2) is 5.40. The van der Waals surface area contributed by atoms with Gasteiger partial charge in [-0.05, 0) is 13.0 Å². The average molecular weight is 287 g/mol. The summed E-state index contributed by atoms with van der Waals surface area (Å²) in [4.78, 5) is 11.9. The lowest BCUT2D eigenvalue weighted by Crippen LogP contribution is -2.08. The smallest absolute Gasteiger partial charge is 0.343 e. The van der Waals surface area contributed by atoms with Crippen LogP contribution in [0.25, 0.3) is 5.65 Å². The molecule has 0 aliphatic rings. The Morgan fingerprint density at radius 1 is 1.33 bits per heavy atom. The van der Waals surface area contributed by atoms with Gasteiger partial charge in [0, 0.05) is 18.0 Å². The van der Waals surface area contributed by atoms with Gasteiger partial charge in [-0.2, -0.15) is 5.10 Å². The largest absolute Gasteiger partial charge is 0.462 e. The second-order valence-corrected chi connectivity index (χ2v) is 4.56. The number of aromatic nitrogens is 3. The molecule has 0 saturated heterocycles. The molecule has 0 aliphatic heterocycles. The Morgan fingerprint density at radius 3 is 2.90 bits per heavy atom. The Bertz CT molecular complexity index is 791. The van der Waals surface area contributed by atoms with E-state index in [-0.39, 0.29) is 5.82 Å². The summed E-state index contributed by atoms with van der Waals surface area (Å²) in [5, 5.41) is 4.11.